The highest BCUT2D eigenvalue weighted by Gasteiger charge is 2.45. The first-order valence-electron chi connectivity index (χ1n) is 15.4. The maximum Gasteiger partial charge on any atom is 0.319 e. The minimum absolute atomic E-state index is 0.0222. The van der Waals surface area contributed by atoms with Crippen LogP contribution in [0.2, 0.25) is 0 Å². The first-order valence-corrected chi connectivity index (χ1v) is 15.4. The third kappa shape index (κ3) is 8.51. The highest BCUT2D eigenvalue weighted by Crippen LogP contribution is 2.35. The van der Waals surface area contributed by atoms with E-state index in [-0.39, 0.29) is 41.6 Å². The van der Waals surface area contributed by atoms with Gasteiger partial charge in [-0.3, -0.25) is 19.3 Å². The van der Waals surface area contributed by atoms with E-state index in [1.165, 1.54) is 12.8 Å². The van der Waals surface area contributed by atoms with Gasteiger partial charge in [0.05, 0.1) is 5.60 Å². The minimum atomic E-state index is -1.23. The molecule has 2 saturated heterocycles. The average Bonchev–Trinajstić information content (AvgIpc) is 3.61. The van der Waals surface area contributed by atoms with E-state index in [1.807, 2.05) is 11.8 Å². The second-order valence-electron chi connectivity index (χ2n) is 15.2. The van der Waals surface area contributed by atoms with E-state index in [0.29, 0.717) is 31.8 Å². The molecule has 0 aromatic heterocycles. The zero-order valence-electron chi connectivity index (χ0n) is 27.0. The Bertz CT molecular complexity index is 910. The number of Topliss-reactive ketones (excluding diaryl/α,β-unsaturated/α-hetero) is 1. The number of likely N-dealkylation sites (N-methyl/N-ethyl adjacent to an activating group) is 1. The molecule has 230 valence electrons. The maximum absolute atomic E-state index is 13.4. The molecule has 0 radical (unpaired) electrons. The summed E-state index contributed by atoms with van der Waals surface area (Å²) in [6.45, 7) is 18.3. The van der Waals surface area contributed by atoms with E-state index in [9.17, 15) is 14.4 Å². The molecule has 1 unspecified atom stereocenters. The molecule has 2 heterocycles. The van der Waals surface area contributed by atoms with Crippen LogP contribution in [0.1, 0.15) is 80.6 Å². The van der Waals surface area contributed by atoms with Gasteiger partial charge in [0.1, 0.15) is 12.0 Å². The van der Waals surface area contributed by atoms with E-state index in [0.717, 1.165) is 32.0 Å². The minimum Gasteiger partial charge on any atom is -0.463 e. The quantitative estimate of drug-likeness (QED) is 0.325. The molecule has 0 N–H and O–H groups in total. The van der Waals surface area contributed by atoms with Crippen molar-refractivity contribution in [2.75, 3.05) is 60.5 Å². The fourth-order valence-corrected chi connectivity index (χ4v) is 7.17. The van der Waals surface area contributed by atoms with E-state index < -0.39 is 17.0 Å². The molecule has 3 rings (SSSR count). The van der Waals surface area contributed by atoms with Crippen molar-refractivity contribution in [3.05, 3.63) is 0 Å². The zero-order chi connectivity index (χ0) is 30.0. The van der Waals surface area contributed by atoms with Crippen molar-refractivity contribution in [2.24, 2.45) is 34.5 Å². The van der Waals surface area contributed by atoms with Crippen molar-refractivity contribution in [3.8, 4) is 0 Å². The monoisotopic (exact) mass is 563 g/mol. The summed E-state index contributed by atoms with van der Waals surface area (Å²) in [6, 6.07) is -0.0222. The smallest absolute Gasteiger partial charge is 0.319 e. The summed E-state index contributed by atoms with van der Waals surface area (Å²) >= 11 is 0. The molecule has 40 heavy (non-hydrogen) atoms. The number of carbonyl (C=O) groups is 3. The lowest BCUT2D eigenvalue weighted by Crippen LogP contribution is -2.60. The number of methoxy groups -OCH3 is 1. The summed E-state index contributed by atoms with van der Waals surface area (Å²) in [6.07, 6.45) is 4.57. The SMILES string of the molecule is CO[C@]1(C)C[C@@H](C)CN(C)C(C2CN(C(=O)CC(C)(C)CN(C)CC3CC3)C2)COC(=O)C(C)(C)C(=O)[C@H](C)C1. The van der Waals surface area contributed by atoms with E-state index >= 15 is 0 Å². The van der Waals surface area contributed by atoms with Gasteiger partial charge in [0.15, 0.2) is 5.78 Å². The molecule has 2 aliphatic heterocycles. The van der Waals surface area contributed by atoms with Gasteiger partial charge in [-0.2, -0.15) is 0 Å². The van der Waals surface area contributed by atoms with Crippen LogP contribution in [-0.2, 0) is 23.9 Å². The van der Waals surface area contributed by atoms with Crippen molar-refractivity contribution in [1.29, 1.82) is 0 Å². The molecular weight excluding hydrogens is 506 g/mol. The highest BCUT2D eigenvalue weighted by molar-refractivity contribution is 6.03. The largest absolute Gasteiger partial charge is 0.463 e. The number of hydrogen-bond acceptors (Lipinski definition) is 7. The standard InChI is InChI=1S/C32H57N3O5/c1-22-13-32(7,39-10)14-23(2)28(37)31(5,6)29(38)40-20-26(34(9)16-22)25-18-35(19-25)27(36)15-30(3,4)21-33(8)17-24-11-12-24/h22-26H,11-21H2,1-10H3/t22-,23-,26?,32-/m1/s1. The van der Waals surface area contributed by atoms with Crippen molar-refractivity contribution in [1.82, 2.24) is 14.7 Å². The number of ether oxygens (including phenoxy) is 2. The van der Waals surface area contributed by atoms with E-state index in [2.05, 4.69) is 51.6 Å². The van der Waals surface area contributed by atoms with Crippen molar-refractivity contribution >= 4 is 17.7 Å². The molecule has 3 fully saturated rings. The fourth-order valence-electron chi connectivity index (χ4n) is 7.17. The number of ketones is 1. The van der Waals surface area contributed by atoms with Crippen LogP contribution < -0.4 is 0 Å². The molecular formula is C32H57N3O5. The Hall–Kier alpha value is -1.51. The third-order valence-electron chi connectivity index (χ3n) is 9.54. The number of cyclic esters (lactones) is 1. The summed E-state index contributed by atoms with van der Waals surface area (Å²) in [5.41, 5.74) is -1.77. The summed E-state index contributed by atoms with van der Waals surface area (Å²) in [5, 5.41) is 0. The third-order valence-corrected chi connectivity index (χ3v) is 9.54. The Morgan fingerprint density at radius 2 is 1.73 bits per heavy atom. The number of rotatable bonds is 8. The number of esters is 1. The Kier molecular flexibility index (Phi) is 10.5. The van der Waals surface area contributed by atoms with Gasteiger partial charge in [0, 0.05) is 64.1 Å². The number of amides is 1. The summed E-state index contributed by atoms with van der Waals surface area (Å²) in [4.78, 5) is 46.4. The van der Waals surface area contributed by atoms with Crippen LogP contribution in [0.15, 0.2) is 0 Å². The number of hydrogen-bond donors (Lipinski definition) is 0. The number of likely N-dealkylation sites (tertiary alicyclic amines) is 1. The van der Waals surface area contributed by atoms with Crippen LogP contribution in [0, 0.1) is 34.5 Å². The fraction of sp³-hybridized carbons (Fsp3) is 0.906. The van der Waals surface area contributed by atoms with Crippen LogP contribution in [0.4, 0.5) is 0 Å². The Labute approximate surface area is 243 Å². The van der Waals surface area contributed by atoms with Crippen molar-refractivity contribution in [3.63, 3.8) is 0 Å². The molecule has 0 spiro atoms. The predicted molar refractivity (Wildman–Crippen MR) is 158 cm³/mol. The van der Waals surface area contributed by atoms with Crippen LogP contribution in [0.3, 0.4) is 0 Å². The summed E-state index contributed by atoms with van der Waals surface area (Å²) in [7, 11) is 5.96. The molecule has 4 atom stereocenters. The second kappa shape index (κ2) is 12.8. The molecule has 8 heteroatoms. The molecule has 0 aromatic rings. The Morgan fingerprint density at radius 3 is 2.30 bits per heavy atom. The Balaban J connectivity index is 1.66. The van der Waals surface area contributed by atoms with Crippen molar-refractivity contribution < 1.29 is 23.9 Å². The van der Waals surface area contributed by atoms with Gasteiger partial charge >= 0.3 is 5.97 Å². The average molecular weight is 564 g/mol. The van der Waals surface area contributed by atoms with Crippen LogP contribution >= 0.6 is 0 Å². The lowest BCUT2D eigenvalue weighted by molar-refractivity contribution is -0.163. The molecule has 8 nitrogen and oxygen atoms in total. The molecule has 1 amide bonds. The molecule has 0 aromatic carbocycles. The van der Waals surface area contributed by atoms with Gasteiger partial charge in [0.2, 0.25) is 5.91 Å². The van der Waals surface area contributed by atoms with Gasteiger partial charge in [-0.25, -0.2) is 0 Å². The van der Waals surface area contributed by atoms with Gasteiger partial charge in [-0.05, 0) is 77.8 Å². The Morgan fingerprint density at radius 1 is 1.10 bits per heavy atom. The normalized spacial score (nSPS) is 31.7. The van der Waals surface area contributed by atoms with E-state index in [1.54, 1.807) is 21.0 Å². The highest BCUT2D eigenvalue weighted by atomic mass is 16.5. The molecule has 1 saturated carbocycles. The van der Waals surface area contributed by atoms with E-state index in [4.69, 9.17) is 9.47 Å². The summed E-state index contributed by atoms with van der Waals surface area (Å²) < 4.78 is 11.8. The lowest BCUT2D eigenvalue weighted by atomic mass is 9.76. The molecule has 0 bridgehead atoms. The van der Waals surface area contributed by atoms with Gasteiger partial charge in [0.25, 0.3) is 0 Å². The summed E-state index contributed by atoms with van der Waals surface area (Å²) in [5.74, 6) is 0.670. The van der Waals surface area contributed by atoms with Crippen LogP contribution in [0.25, 0.3) is 0 Å². The van der Waals surface area contributed by atoms with Crippen molar-refractivity contribution in [2.45, 2.75) is 92.2 Å². The number of carbonyl (C=O) groups excluding carboxylic acids is 3. The van der Waals surface area contributed by atoms with Crippen LogP contribution in [-0.4, -0.2) is 105 Å². The molecule has 3 aliphatic rings. The number of nitrogens with zero attached hydrogens (tertiary/aromatic N) is 3. The second-order valence-corrected chi connectivity index (χ2v) is 15.2. The molecule has 1 aliphatic carbocycles. The predicted octanol–water partition coefficient (Wildman–Crippen LogP) is 4.11. The first kappa shape index (κ1) is 33.0. The van der Waals surface area contributed by atoms with Gasteiger partial charge < -0.3 is 19.3 Å². The first-order chi connectivity index (χ1) is 18.5. The van der Waals surface area contributed by atoms with Gasteiger partial charge in [-0.15, -0.1) is 0 Å². The lowest BCUT2D eigenvalue weighted by Gasteiger charge is -2.47. The van der Waals surface area contributed by atoms with Gasteiger partial charge in [-0.1, -0.05) is 27.7 Å². The maximum atomic E-state index is 13.4. The topological polar surface area (TPSA) is 79.4 Å². The van der Waals surface area contributed by atoms with Crippen LogP contribution in [0.5, 0.6) is 0 Å². The zero-order valence-corrected chi connectivity index (χ0v) is 27.0.